The number of nitrogens with one attached hydrogen (secondary N) is 1. The van der Waals surface area contributed by atoms with Gasteiger partial charge in [-0.15, -0.1) is 0 Å². The van der Waals surface area contributed by atoms with Crippen LogP contribution in [0.5, 0.6) is 11.5 Å². The number of fused-ring (bicyclic) bond motifs is 3. The molecule has 0 bridgehead atoms. The lowest BCUT2D eigenvalue weighted by atomic mass is 9.89. The highest BCUT2D eigenvalue weighted by atomic mass is 32.1. The Balaban J connectivity index is 1.52. The van der Waals surface area contributed by atoms with E-state index in [-0.39, 0.29) is 17.6 Å². The molecule has 2 N–H and O–H groups in total. The average molecular weight is 499 g/mol. The third kappa shape index (κ3) is 3.97. The molecule has 0 saturated heterocycles. The molecule has 0 atom stereocenters. The van der Waals surface area contributed by atoms with Gasteiger partial charge in [0.1, 0.15) is 24.2 Å². The van der Waals surface area contributed by atoms with Crippen LogP contribution >= 0.6 is 11.7 Å². The first-order valence-corrected chi connectivity index (χ1v) is 11.9. The summed E-state index contributed by atoms with van der Waals surface area (Å²) >= 11 is 1.05. The van der Waals surface area contributed by atoms with Crippen LogP contribution in [0.15, 0.2) is 66.5 Å². The number of aromatic amines is 1. The van der Waals surface area contributed by atoms with Crippen LogP contribution in [0.3, 0.4) is 0 Å². The zero-order chi connectivity index (χ0) is 24.6. The van der Waals surface area contributed by atoms with Crippen LogP contribution in [-0.4, -0.2) is 48.8 Å². The topological polar surface area (TPSA) is 127 Å². The first kappa shape index (κ1) is 21.9. The lowest BCUT2D eigenvalue weighted by Crippen LogP contribution is -2.17. The van der Waals surface area contributed by atoms with Crippen molar-refractivity contribution in [2.24, 2.45) is 0 Å². The Morgan fingerprint density at radius 2 is 1.67 bits per heavy atom. The summed E-state index contributed by atoms with van der Waals surface area (Å²) in [5.41, 5.74) is 4.32. The molecule has 9 nitrogen and oxygen atoms in total. The number of carboxylic acids is 1. The zero-order valence-electron chi connectivity index (χ0n) is 18.7. The minimum Gasteiger partial charge on any atom is -0.486 e. The maximum Gasteiger partial charge on any atom is 0.336 e. The van der Waals surface area contributed by atoms with Crippen LogP contribution in [0.4, 0.5) is 0 Å². The van der Waals surface area contributed by atoms with Crippen LogP contribution < -0.4 is 9.47 Å². The molecule has 6 rings (SSSR count). The maximum atomic E-state index is 13.9. The Bertz CT molecular complexity index is 1690. The highest BCUT2D eigenvalue weighted by Crippen LogP contribution is 2.33. The molecule has 0 radical (unpaired) electrons. The second kappa shape index (κ2) is 8.90. The fraction of sp³-hybridized carbons (Fsp3) is 0.115. The predicted octanol–water partition coefficient (Wildman–Crippen LogP) is 4.30. The Kier molecular flexibility index (Phi) is 5.42. The Labute approximate surface area is 208 Å². The van der Waals surface area contributed by atoms with Crippen molar-refractivity contribution >= 4 is 51.1 Å². The number of imidazole rings is 1. The molecule has 0 spiro atoms. The highest BCUT2D eigenvalue weighted by molar-refractivity contribution is 7.00. The molecule has 0 aliphatic carbocycles. The average Bonchev–Trinajstić information content (AvgIpc) is 3.56. The van der Waals surface area contributed by atoms with Gasteiger partial charge in [0.25, 0.3) is 0 Å². The number of rotatable bonds is 6. The molecule has 3 heterocycles. The molecule has 0 amide bonds. The summed E-state index contributed by atoms with van der Waals surface area (Å²) in [6, 6.07) is 15.5. The second-order valence-electron chi connectivity index (χ2n) is 8.24. The molecule has 10 heteroatoms. The first-order chi connectivity index (χ1) is 17.6. The Hall–Kier alpha value is -4.57. The number of aromatic nitrogens is 4. The number of nitrogens with zero attached hydrogens (tertiary/aromatic N) is 3. The molecular weight excluding hydrogens is 480 g/mol. The van der Waals surface area contributed by atoms with E-state index in [2.05, 4.69) is 18.7 Å². The number of carbonyl (C=O) groups excluding carboxylic acids is 1. The molecule has 3 aromatic carbocycles. The van der Waals surface area contributed by atoms with Crippen LogP contribution in [-0.2, 0) is 11.2 Å². The van der Waals surface area contributed by atoms with E-state index in [1.165, 1.54) is 0 Å². The van der Waals surface area contributed by atoms with E-state index >= 15 is 0 Å². The van der Waals surface area contributed by atoms with E-state index in [1.54, 1.807) is 42.7 Å². The minimum atomic E-state index is -1.21. The molecule has 0 fully saturated rings. The number of benzene rings is 3. The van der Waals surface area contributed by atoms with E-state index in [0.29, 0.717) is 46.9 Å². The van der Waals surface area contributed by atoms with E-state index < -0.39 is 11.8 Å². The smallest absolute Gasteiger partial charge is 0.336 e. The quantitative estimate of drug-likeness (QED) is 0.262. The first-order valence-electron chi connectivity index (χ1n) is 11.1. The molecule has 2 aromatic heterocycles. The number of H-pyrrole nitrogens is 1. The summed E-state index contributed by atoms with van der Waals surface area (Å²) in [5.74, 6) is -0.614. The highest BCUT2D eigenvalue weighted by Gasteiger charge is 2.26. The third-order valence-electron chi connectivity index (χ3n) is 6.00. The van der Waals surface area contributed by atoms with Crippen LogP contribution in [0.25, 0.3) is 27.6 Å². The van der Waals surface area contributed by atoms with Gasteiger partial charge in [-0.1, -0.05) is 12.1 Å². The molecule has 5 aromatic rings. The van der Waals surface area contributed by atoms with Crippen molar-refractivity contribution in [2.75, 3.05) is 13.2 Å². The van der Waals surface area contributed by atoms with Gasteiger partial charge in [-0.25, -0.2) is 9.78 Å². The fourth-order valence-corrected chi connectivity index (χ4v) is 4.82. The van der Waals surface area contributed by atoms with Gasteiger partial charge in [-0.3, -0.25) is 4.79 Å². The summed E-state index contributed by atoms with van der Waals surface area (Å²) in [4.78, 5) is 33.8. The van der Waals surface area contributed by atoms with E-state index in [4.69, 9.17) is 9.47 Å². The van der Waals surface area contributed by atoms with Gasteiger partial charge in [0.2, 0.25) is 0 Å². The third-order valence-corrected chi connectivity index (χ3v) is 6.56. The van der Waals surface area contributed by atoms with Gasteiger partial charge in [-0.05, 0) is 53.6 Å². The number of Topliss-reactive ketones (excluding diaryl/α,β-unsaturated/α-hetero) is 1. The zero-order valence-corrected chi connectivity index (χ0v) is 19.5. The van der Waals surface area contributed by atoms with Gasteiger partial charge >= 0.3 is 5.97 Å². The van der Waals surface area contributed by atoms with Gasteiger partial charge < -0.3 is 19.6 Å². The normalized spacial score (nSPS) is 13.6. The monoisotopic (exact) mass is 498 g/mol. The van der Waals surface area contributed by atoms with Crippen molar-refractivity contribution in [3.8, 4) is 11.5 Å². The SMILES string of the molecule is O=C(O)C(=C(Cc1ccc2nc[nH]c2c1)C(=O)c1ccc2c(c1)OCCO2)c1ccc2nsnc2c1. The molecule has 1 aliphatic rings. The summed E-state index contributed by atoms with van der Waals surface area (Å²) < 4.78 is 19.6. The number of allylic oxidation sites excluding steroid dienone is 1. The molecule has 0 unspecified atom stereocenters. The van der Waals surface area contributed by atoms with Gasteiger partial charge in [0, 0.05) is 17.6 Å². The van der Waals surface area contributed by atoms with E-state index in [9.17, 15) is 14.7 Å². The number of carbonyl (C=O) groups is 2. The van der Waals surface area contributed by atoms with Crippen molar-refractivity contribution in [3.05, 3.63) is 83.2 Å². The Morgan fingerprint density at radius 1 is 0.889 bits per heavy atom. The van der Waals surface area contributed by atoms with E-state index in [0.717, 1.165) is 28.3 Å². The van der Waals surface area contributed by atoms with Gasteiger partial charge in [-0.2, -0.15) is 8.75 Å². The summed E-state index contributed by atoms with van der Waals surface area (Å²) in [5, 5.41) is 10.3. The summed E-state index contributed by atoms with van der Waals surface area (Å²) in [6.07, 6.45) is 1.68. The predicted molar refractivity (Wildman–Crippen MR) is 134 cm³/mol. The van der Waals surface area contributed by atoms with Crippen LogP contribution in [0, 0.1) is 0 Å². The van der Waals surface area contributed by atoms with Crippen LogP contribution in [0.1, 0.15) is 21.5 Å². The van der Waals surface area contributed by atoms with E-state index in [1.807, 2.05) is 18.2 Å². The molecule has 1 aliphatic heterocycles. The van der Waals surface area contributed by atoms with Gasteiger partial charge in [0.05, 0.1) is 34.7 Å². The number of hydrogen-bond donors (Lipinski definition) is 2. The number of aliphatic carboxylic acids is 1. The van der Waals surface area contributed by atoms with Crippen molar-refractivity contribution in [1.29, 1.82) is 0 Å². The largest absolute Gasteiger partial charge is 0.486 e. The maximum absolute atomic E-state index is 13.9. The lowest BCUT2D eigenvalue weighted by Gasteiger charge is -2.19. The van der Waals surface area contributed by atoms with Crippen molar-refractivity contribution < 1.29 is 24.2 Å². The number of ketones is 1. The van der Waals surface area contributed by atoms with Crippen molar-refractivity contribution in [1.82, 2.24) is 18.7 Å². The van der Waals surface area contributed by atoms with Crippen LogP contribution in [0.2, 0.25) is 0 Å². The molecule has 36 heavy (non-hydrogen) atoms. The fourth-order valence-electron chi connectivity index (χ4n) is 4.30. The number of ether oxygens (including phenoxy) is 2. The molecular formula is C26H18N4O5S. The van der Waals surface area contributed by atoms with Crippen molar-refractivity contribution in [2.45, 2.75) is 6.42 Å². The second-order valence-corrected chi connectivity index (χ2v) is 8.77. The van der Waals surface area contributed by atoms with Gasteiger partial charge in [0.15, 0.2) is 17.3 Å². The summed E-state index contributed by atoms with van der Waals surface area (Å²) in [7, 11) is 0. The number of carboxylic acid groups (broad SMARTS) is 1. The standard InChI is InChI=1S/C26H18N4O5S/c31-25(16-3-6-22-23(12-16)35-8-7-34-22)17(9-14-1-4-18-20(10-14)28-13-27-18)24(26(32)33)15-2-5-19-21(11-15)30-36-29-19/h1-6,10-13H,7-9H2,(H,27,28)(H,32,33). The lowest BCUT2D eigenvalue weighted by molar-refractivity contribution is -0.130. The Morgan fingerprint density at radius 3 is 2.53 bits per heavy atom. The minimum absolute atomic E-state index is 0.0884. The number of hydrogen-bond acceptors (Lipinski definition) is 8. The molecule has 178 valence electrons. The van der Waals surface area contributed by atoms with Crippen molar-refractivity contribution in [3.63, 3.8) is 0 Å². The molecule has 0 saturated carbocycles. The summed E-state index contributed by atoms with van der Waals surface area (Å²) in [6.45, 7) is 0.804.